The van der Waals surface area contributed by atoms with Crippen LogP contribution in [0.1, 0.15) is 20.3 Å². The number of hydrogen-bond donors (Lipinski definition) is 0. The monoisotopic (exact) mass is 172 g/mol. The van der Waals surface area contributed by atoms with Crippen LogP contribution in [0.25, 0.3) is 0 Å². The van der Waals surface area contributed by atoms with E-state index in [0.29, 0.717) is 12.5 Å². The number of ether oxygens (including phenoxy) is 2. The molecular weight excluding hydrogens is 160 g/mol. The Kier molecular flexibility index (Phi) is 5.37. The van der Waals surface area contributed by atoms with Crippen molar-refractivity contribution < 1.29 is 18.9 Å². The van der Waals surface area contributed by atoms with Gasteiger partial charge in [-0.25, -0.2) is 0 Å². The summed E-state index contributed by atoms with van der Waals surface area (Å²) in [5.74, 6) is -0.0671. The van der Waals surface area contributed by atoms with Crippen LogP contribution in [-0.2, 0) is 18.9 Å². The van der Waals surface area contributed by atoms with Crippen molar-refractivity contribution in [2.75, 3.05) is 6.61 Å². The first kappa shape index (κ1) is 11.2. The number of carbonyl (C=O) groups excluding carboxylic acids is 1. The van der Waals surface area contributed by atoms with Crippen molar-refractivity contribution >= 4 is 5.97 Å². The van der Waals surface area contributed by atoms with Crippen molar-refractivity contribution in [2.45, 2.75) is 32.5 Å². The van der Waals surface area contributed by atoms with Gasteiger partial charge in [0, 0.05) is 0 Å². The molecule has 0 N–H and O–H groups in total. The van der Waals surface area contributed by atoms with Gasteiger partial charge in [0.1, 0.15) is 6.10 Å². The molecule has 0 aromatic carbocycles. The molecule has 2 rings (SSSR count). The van der Waals surface area contributed by atoms with E-state index in [1.165, 1.54) is 0 Å². The standard InChI is InChI=1S/C4H6O2.C3H6O.CO/c1-3-2-4(5)6-3;1-3-2-4-3;1-2/h3H,2H2,1H3;3H,2H2,1H3;. The number of hydrogen-bond acceptors (Lipinski definition) is 3. The van der Waals surface area contributed by atoms with Gasteiger partial charge in [0.15, 0.2) is 0 Å². The zero-order valence-electron chi connectivity index (χ0n) is 7.20. The van der Waals surface area contributed by atoms with Gasteiger partial charge in [0.05, 0.1) is 19.1 Å². The minimum absolute atomic E-state index is 0.0671. The minimum atomic E-state index is -0.0671. The van der Waals surface area contributed by atoms with Gasteiger partial charge >= 0.3 is 17.3 Å². The maximum absolute atomic E-state index is 9.89. The predicted molar refractivity (Wildman–Crippen MR) is 39.5 cm³/mol. The van der Waals surface area contributed by atoms with Crippen molar-refractivity contribution in [3.63, 3.8) is 0 Å². The van der Waals surface area contributed by atoms with Crippen LogP contribution in [0.4, 0.5) is 0 Å². The van der Waals surface area contributed by atoms with Crippen LogP contribution in [0.5, 0.6) is 0 Å². The van der Waals surface area contributed by atoms with Gasteiger partial charge in [-0.15, -0.1) is 0 Å². The van der Waals surface area contributed by atoms with Gasteiger partial charge in [0.2, 0.25) is 0 Å². The van der Waals surface area contributed by atoms with E-state index < -0.39 is 0 Å². The Balaban J connectivity index is 0.000000176. The molecule has 0 radical (unpaired) electrons. The van der Waals surface area contributed by atoms with Crippen LogP contribution in [0.2, 0.25) is 0 Å². The summed E-state index contributed by atoms with van der Waals surface area (Å²) in [5, 5.41) is 0. The molecule has 2 saturated heterocycles. The third kappa shape index (κ3) is 5.92. The summed E-state index contributed by atoms with van der Waals surface area (Å²) in [6.45, 7) is 9.42. The second-order valence-electron chi connectivity index (χ2n) is 2.65. The molecule has 2 heterocycles. The van der Waals surface area contributed by atoms with Gasteiger partial charge in [-0.3, -0.25) is 4.79 Å². The zero-order valence-corrected chi connectivity index (χ0v) is 7.20. The fourth-order valence-corrected chi connectivity index (χ4v) is 0.546. The molecule has 0 spiro atoms. The number of epoxide rings is 1. The molecule has 12 heavy (non-hydrogen) atoms. The Morgan fingerprint density at radius 1 is 1.42 bits per heavy atom. The maximum atomic E-state index is 9.89. The van der Waals surface area contributed by atoms with Gasteiger partial charge in [0.25, 0.3) is 0 Å². The Hall–Kier alpha value is -0.830. The summed E-state index contributed by atoms with van der Waals surface area (Å²) in [5.41, 5.74) is 0. The van der Waals surface area contributed by atoms with E-state index in [2.05, 4.69) is 18.3 Å². The average molecular weight is 172 g/mol. The van der Waals surface area contributed by atoms with Crippen LogP contribution >= 0.6 is 0 Å². The van der Waals surface area contributed by atoms with E-state index in [1.54, 1.807) is 0 Å². The Morgan fingerprint density at radius 3 is 1.75 bits per heavy atom. The molecule has 0 aromatic rings. The number of esters is 1. The third-order valence-corrected chi connectivity index (χ3v) is 1.29. The van der Waals surface area contributed by atoms with Gasteiger partial charge in [-0.05, 0) is 13.8 Å². The van der Waals surface area contributed by atoms with Crippen LogP contribution < -0.4 is 0 Å². The topological polar surface area (TPSA) is 58.7 Å². The molecule has 2 aliphatic heterocycles. The van der Waals surface area contributed by atoms with Crippen molar-refractivity contribution in [3.05, 3.63) is 6.65 Å². The first-order chi connectivity index (χ1) is 5.68. The Morgan fingerprint density at radius 2 is 1.75 bits per heavy atom. The fourth-order valence-electron chi connectivity index (χ4n) is 0.546. The average Bonchev–Trinajstić information content (AvgIpc) is 2.75. The fraction of sp³-hybridized carbons (Fsp3) is 0.750. The van der Waals surface area contributed by atoms with Gasteiger partial charge in [-0.2, -0.15) is 0 Å². The first-order valence-electron chi connectivity index (χ1n) is 3.70. The van der Waals surface area contributed by atoms with Crippen molar-refractivity contribution in [3.8, 4) is 0 Å². The summed E-state index contributed by atoms with van der Waals surface area (Å²) in [6.07, 6.45) is 1.39. The Labute approximate surface area is 71.6 Å². The van der Waals surface area contributed by atoms with E-state index in [4.69, 9.17) is 9.39 Å². The number of carbonyl (C=O) groups is 1. The first-order valence-corrected chi connectivity index (χ1v) is 3.70. The number of cyclic esters (lactones) is 1. The molecule has 4 heteroatoms. The van der Waals surface area contributed by atoms with E-state index in [9.17, 15) is 4.79 Å². The summed E-state index contributed by atoms with van der Waals surface area (Å²) in [7, 11) is 0. The second kappa shape index (κ2) is 5.77. The summed E-state index contributed by atoms with van der Waals surface area (Å²) in [6, 6.07) is 0. The van der Waals surface area contributed by atoms with Crippen LogP contribution in [0.15, 0.2) is 0 Å². The molecule has 2 unspecified atom stereocenters. The quantitative estimate of drug-likeness (QED) is 0.234. The molecule has 0 amide bonds. The molecule has 0 bridgehead atoms. The van der Waals surface area contributed by atoms with Crippen LogP contribution in [0, 0.1) is 6.65 Å². The summed E-state index contributed by atoms with van der Waals surface area (Å²) < 4.78 is 16.7. The molecular formula is C8H12O4. The third-order valence-electron chi connectivity index (χ3n) is 1.29. The van der Waals surface area contributed by atoms with E-state index in [1.807, 2.05) is 6.92 Å². The van der Waals surface area contributed by atoms with Crippen LogP contribution in [0.3, 0.4) is 0 Å². The molecule has 2 fully saturated rings. The molecule has 2 aliphatic rings. The van der Waals surface area contributed by atoms with Gasteiger partial charge in [-0.1, -0.05) is 0 Å². The zero-order chi connectivity index (χ0) is 9.56. The van der Waals surface area contributed by atoms with Crippen molar-refractivity contribution in [1.29, 1.82) is 0 Å². The summed E-state index contributed by atoms with van der Waals surface area (Å²) in [4.78, 5) is 9.89. The Bertz CT molecular complexity index is 152. The molecule has 0 saturated carbocycles. The molecule has 0 aromatic heterocycles. The molecule has 0 aliphatic carbocycles. The van der Waals surface area contributed by atoms with E-state index in [0.717, 1.165) is 6.61 Å². The van der Waals surface area contributed by atoms with Gasteiger partial charge < -0.3 is 9.47 Å². The van der Waals surface area contributed by atoms with Crippen molar-refractivity contribution in [2.24, 2.45) is 0 Å². The van der Waals surface area contributed by atoms with E-state index in [-0.39, 0.29) is 12.1 Å². The predicted octanol–water partition coefficient (Wildman–Crippen LogP) is 0.689. The van der Waals surface area contributed by atoms with Crippen molar-refractivity contribution in [1.82, 2.24) is 0 Å². The SMILES string of the molecule is CC1CC(=O)O1.CC1CO1.[C-]#[O+]. The molecule has 68 valence electrons. The molecule has 4 nitrogen and oxygen atoms in total. The van der Waals surface area contributed by atoms with Crippen LogP contribution in [-0.4, -0.2) is 24.8 Å². The number of rotatable bonds is 0. The van der Waals surface area contributed by atoms with E-state index >= 15 is 0 Å². The second-order valence-corrected chi connectivity index (χ2v) is 2.65. The normalized spacial score (nSPS) is 29.2. The molecule has 2 atom stereocenters. The summed E-state index contributed by atoms with van der Waals surface area (Å²) >= 11 is 0.